The van der Waals surface area contributed by atoms with Gasteiger partial charge in [-0.25, -0.2) is 9.18 Å². The number of nitrogens with zero attached hydrogens (tertiary/aromatic N) is 1. The second kappa shape index (κ2) is 5.42. The summed E-state index contributed by atoms with van der Waals surface area (Å²) in [5, 5.41) is 2.81. The lowest BCUT2D eigenvalue weighted by atomic mass is 10.1. The number of alkyl carbamates (subject to hydrolysis) is 1. The molecule has 0 aliphatic carbocycles. The van der Waals surface area contributed by atoms with Crippen molar-refractivity contribution in [1.82, 2.24) is 5.32 Å². The Morgan fingerprint density at radius 1 is 1.52 bits per heavy atom. The zero-order chi connectivity index (χ0) is 15.0. The van der Waals surface area contributed by atoms with Crippen molar-refractivity contribution >= 4 is 11.8 Å². The van der Waals surface area contributed by atoms with E-state index in [4.69, 9.17) is 4.74 Å². The summed E-state index contributed by atoms with van der Waals surface area (Å²) in [6.07, 6.45) is 1.15. The lowest BCUT2D eigenvalue weighted by Crippen LogP contribution is -2.37. The van der Waals surface area contributed by atoms with Crippen molar-refractivity contribution in [2.45, 2.75) is 31.9 Å². The van der Waals surface area contributed by atoms with Gasteiger partial charge in [-0.2, -0.15) is 0 Å². The van der Waals surface area contributed by atoms with E-state index in [1.807, 2.05) is 6.92 Å². The monoisotopic (exact) mass is 294 g/mol. The highest BCUT2D eigenvalue weighted by Gasteiger charge is 2.31. The minimum Gasteiger partial charge on any atom is -0.487 e. The van der Waals surface area contributed by atoms with E-state index >= 15 is 0 Å². The van der Waals surface area contributed by atoms with E-state index in [-0.39, 0.29) is 18.0 Å². The first kappa shape index (κ1) is 14.0. The number of hydrogen-bond donors (Lipinski definition) is 1. The normalized spacial score (nSPS) is 23.7. The van der Waals surface area contributed by atoms with Gasteiger partial charge in [-0.1, -0.05) is 0 Å². The van der Waals surface area contributed by atoms with Crippen molar-refractivity contribution in [2.24, 2.45) is 0 Å². The maximum absolute atomic E-state index is 13.8. The summed E-state index contributed by atoms with van der Waals surface area (Å²) in [5.74, 6) is 0.0749. The van der Waals surface area contributed by atoms with E-state index in [1.54, 1.807) is 6.07 Å². The number of nitrogens with one attached hydrogen (secondary N) is 1. The quantitative estimate of drug-likeness (QED) is 0.907. The van der Waals surface area contributed by atoms with Crippen molar-refractivity contribution in [3.8, 4) is 5.75 Å². The van der Waals surface area contributed by atoms with Crippen LogP contribution in [-0.2, 0) is 11.2 Å². The lowest BCUT2D eigenvalue weighted by Gasteiger charge is -2.21. The van der Waals surface area contributed by atoms with Gasteiger partial charge >= 0.3 is 6.09 Å². The Kier molecular flexibility index (Phi) is 3.61. The van der Waals surface area contributed by atoms with Crippen molar-refractivity contribution in [3.05, 3.63) is 23.5 Å². The summed E-state index contributed by atoms with van der Waals surface area (Å²) in [5.41, 5.74) is 1.94. The number of benzene rings is 1. The zero-order valence-corrected chi connectivity index (χ0v) is 12.2. The largest absolute Gasteiger partial charge is 0.487 e. The maximum Gasteiger partial charge on any atom is 0.407 e. The number of rotatable bonds is 2. The van der Waals surface area contributed by atoms with Crippen LogP contribution in [0.4, 0.5) is 14.9 Å². The molecule has 6 heteroatoms. The van der Waals surface area contributed by atoms with Gasteiger partial charge in [0.2, 0.25) is 0 Å². The predicted molar refractivity (Wildman–Crippen MR) is 76.4 cm³/mol. The number of anilines is 1. The van der Waals surface area contributed by atoms with E-state index in [1.165, 1.54) is 13.2 Å². The highest BCUT2D eigenvalue weighted by Crippen LogP contribution is 2.39. The highest BCUT2D eigenvalue weighted by molar-refractivity contribution is 5.68. The van der Waals surface area contributed by atoms with Crippen LogP contribution >= 0.6 is 0 Å². The van der Waals surface area contributed by atoms with Crippen LogP contribution in [0.3, 0.4) is 0 Å². The molecule has 1 aromatic rings. The van der Waals surface area contributed by atoms with Gasteiger partial charge in [0, 0.05) is 30.8 Å². The van der Waals surface area contributed by atoms with Gasteiger partial charge in [-0.15, -0.1) is 0 Å². The Hall–Kier alpha value is -1.98. The van der Waals surface area contributed by atoms with Crippen LogP contribution in [0.15, 0.2) is 12.1 Å². The van der Waals surface area contributed by atoms with E-state index in [0.717, 1.165) is 24.2 Å². The summed E-state index contributed by atoms with van der Waals surface area (Å²) >= 11 is 0. The third kappa shape index (κ3) is 2.62. The van der Waals surface area contributed by atoms with Crippen LogP contribution in [0, 0.1) is 5.82 Å². The van der Waals surface area contributed by atoms with Gasteiger partial charge in [-0.05, 0) is 25.5 Å². The minimum atomic E-state index is -0.414. The molecule has 3 rings (SSSR count). The third-order valence-corrected chi connectivity index (χ3v) is 4.03. The van der Waals surface area contributed by atoms with Crippen molar-refractivity contribution in [3.63, 3.8) is 0 Å². The van der Waals surface area contributed by atoms with Crippen molar-refractivity contribution < 1.29 is 18.7 Å². The Morgan fingerprint density at radius 2 is 2.33 bits per heavy atom. The van der Waals surface area contributed by atoms with Crippen molar-refractivity contribution in [1.29, 1.82) is 0 Å². The van der Waals surface area contributed by atoms with Crippen molar-refractivity contribution in [2.75, 3.05) is 25.1 Å². The average Bonchev–Trinajstić information content (AvgIpc) is 3.06. The first-order valence-electron chi connectivity index (χ1n) is 7.16. The lowest BCUT2D eigenvalue weighted by molar-refractivity contribution is 0.167. The topological polar surface area (TPSA) is 50.8 Å². The maximum atomic E-state index is 13.8. The van der Waals surface area contributed by atoms with E-state index < -0.39 is 6.09 Å². The van der Waals surface area contributed by atoms with Gasteiger partial charge in [-0.3, -0.25) is 0 Å². The SMILES string of the molecule is COC(=O)N[C@H]1CCN(c2ccc(F)c3c2CC(C)O3)C1. The van der Waals surface area contributed by atoms with Crippen LogP contribution < -0.4 is 15.0 Å². The fraction of sp³-hybridized carbons (Fsp3) is 0.533. The zero-order valence-electron chi connectivity index (χ0n) is 12.2. The Balaban J connectivity index is 1.77. The molecule has 114 valence electrons. The fourth-order valence-corrected chi connectivity index (χ4v) is 3.06. The van der Waals surface area contributed by atoms with E-state index in [9.17, 15) is 9.18 Å². The second-order valence-electron chi connectivity index (χ2n) is 5.57. The number of ether oxygens (including phenoxy) is 2. The fourth-order valence-electron chi connectivity index (χ4n) is 3.06. The summed E-state index contributed by atoms with van der Waals surface area (Å²) in [6, 6.07) is 3.31. The predicted octanol–water partition coefficient (Wildman–Crippen LogP) is 2.08. The molecular formula is C15H19FN2O3. The van der Waals surface area contributed by atoms with E-state index in [0.29, 0.717) is 18.7 Å². The Bertz CT molecular complexity index is 564. The Labute approximate surface area is 123 Å². The van der Waals surface area contributed by atoms with Crippen LogP contribution in [0.25, 0.3) is 0 Å². The standard InChI is InChI=1S/C15H19FN2O3/c1-9-7-11-13(4-3-12(16)14(11)21-9)18-6-5-10(8-18)17-15(19)20-2/h3-4,9-10H,5-8H2,1-2H3,(H,17,19)/t9?,10-/m0/s1. The first-order chi connectivity index (χ1) is 10.1. The molecule has 2 aliphatic heterocycles. The van der Waals surface area contributed by atoms with Crippen LogP contribution in [0.5, 0.6) is 5.75 Å². The molecule has 1 unspecified atom stereocenters. The number of carbonyl (C=O) groups excluding carboxylic acids is 1. The van der Waals surface area contributed by atoms with Gasteiger partial charge in [0.1, 0.15) is 6.10 Å². The first-order valence-corrected chi connectivity index (χ1v) is 7.16. The number of carbonyl (C=O) groups is 1. The van der Waals surface area contributed by atoms with Gasteiger partial charge in [0.05, 0.1) is 13.2 Å². The van der Waals surface area contributed by atoms with Crippen LogP contribution in [0.1, 0.15) is 18.9 Å². The molecule has 2 aliphatic rings. The Morgan fingerprint density at radius 3 is 3.10 bits per heavy atom. The summed E-state index contributed by atoms with van der Waals surface area (Å²) in [7, 11) is 1.35. The molecule has 0 bridgehead atoms. The van der Waals surface area contributed by atoms with E-state index in [2.05, 4.69) is 15.0 Å². The number of amides is 1. The molecule has 1 N–H and O–H groups in total. The number of hydrogen-bond acceptors (Lipinski definition) is 4. The molecule has 1 fully saturated rings. The number of fused-ring (bicyclic) bond motifs is 1. The summed E-state index contributed by atoms with van der Waals surface area (Å²) in [4.78, 5) is 13.4. The molecule has 1 aromatic carbocycles. The molecule has 1 amide bonds. The van der Waals surface area contributed by atoms with Crippen LogP contribution in [0.2, 0.25) is 0 Å². The van der Waals surface area contributed by atoms with Gasteiger partial charge in [0.15, 0.2) is 11.6 Å². The van der Waals surface area contributed by atoms with Gasteiger partial charge in [0.25, 0.3) is 0 Å². The molecule has 0 radical (unpaired) electrons. The smallest absolute Gasteiger partial charge is 0.407 e. The molecule has 2 atom stereocenters. The minimum absolute atomic E-state index is 0.00208. The molecule has 2 heterocycles. The number of halogens is 1. The summed E-state index contributed by atoms with van der Waals surface area (Å²) in [6.45, 7) is 3.46. The molecule has 0 spiro atoms. The molecule has 1 saturated heterocycles. The summed E-state index contributed by atoms with van der Waals surface area (Å²) < 4.78 is 24.0. The second-order valence-corrected chi connectivity index (χ2v) is 5.57. The average molecular weight is 294 g/mol. The molecule has 21 heavy (non-hydrogen) atoms. The molecule has 0 saturated carbocycles. The molecular weight excluding hydrogens is 275 g/mol. The third-order valence-electron chi connectivity index (χ3n) is 4.03. The molecule has 5 nitrogen and oxygen atoms in total. The van der Waals surface area contributed by atoms with Crippen LogP contribution in [-0.4, -0.2) is 38.4 Å². The number of methoxy groups -OCH3 is 1. The van der Waals surface area contributed by atoms with Gasteiger partial charge < -0.3 is 19.7 Å². The molecule has 0 aromatic heterocycles. The highest BCUT2D eigenvalue weighted by atomic mass is 19.1.